The van der Waals surface area contributed by atoms with Crippen LogP contribution < -0.4 is 0 Å². The van der Waals surface area contributed by atoms with Gasteiger partial charge in [0.1, 0.15) is 0 Å². The smallest absolute Gasteiger partial charge is 0.0270 e. The molecule has 2 rings (SSSR count). The van der Waals surface area contributed by atoms with Crippen molar-refractivity contribution in [2.75, 3.05) is 23.0 Å². The fourth-order valence-corrected chi connectivity index (χ4v) is 3.91. The van der Waals surface area contributed by atoms with E-state index in [1.54, 1.807) is 0 Å². The first-order chi connectivity index (χ1) is 9.95. The third-order valence-corrected chi connectivity index (χ3v) is 5.17. The van der Waals surface area contributed by atoms with Gasteiger partial charge in [-0.05, 0) is 59.7 Å². The lowest BCUT2D eigenvalue weighted by atomic mass is 10.2. The predicted molar refractivity (Wildman–Crippen MR) is 90.5 cm³/mol. The lowest BCUT2D eigenvalue weighted by Gasteiger charge is -2.03. The van der Waals surface area contributed by atoms with Crippen molar-refractivity contribution in [1.29, 1.82) is 0 Å². The average molecular weight is 304 g/mol. The Kier molecular flexibility index (Phi) is 7.57. The number of hydrogen-bond acceptors (Lipinski definition) is 4. The van der Waals surface area contributed by atoms with Crippen LogP contribution in [0.5, 0.6) is 0 Å². The normalized spacial score (nSPS) is 10.6. The molecule has 2 aromatic heterocycles. The Labute approximate surface area is 129 Å². The van der Waals surface area contributed by atoms with Crippen LogP contribution in [-0.4, -0.2) is 33.0 Å². The third-order valence-electron chi connectivity index (χ3n) is 2.94. The number of aromatic nitrogens is 2. The van der Waals surface area contributed by atoms with Gasteiger partial charge in [0.2, 0.25) is 0 Å². The van der Waals surface area contributed by atoms with E-state index in [1.165, 1.54) is 34.1 Å². The third kappa shape index (κ3) is 6.44. The Balaban J connectivity index is 1.44. The molecule has 20 heavy (non-hydrogen) atoms. The molecule has 0 radical (unpaired) electrons. The van der Waals surface area contributed by atoms with Crippen molar-refractivity contribution in [2.45, 2.75) is 12.8 Å². The van der Waals surface area contributed by atoms with Crippen molar-refractivity contribution in [3.63, 3.8) is 0 Å². The van der Waals surface area contributed by atoms with E-state index in [2.05, 4.69) is 34.2 Å². The van der Waals surface area contributed by atoms with Crippen LogP contribution in [0.2, 0.25) is 0 Å². The quantitative estimate of drug-likeness (QED) is 0.659. The number of nitrogens with zero attached hydrogens (tertiary/aromatic N) is 2. The molecule has 0 aliphatic carbocycles. The monoisotopic (exact) mass is 304 g/mol. The van der Waals surface area contributed by atoms with Crippen LogP contribution in [0.1, 0.15) is 11.1 Å². The number of rotatable bonds is 9. The molecule has 2 aromatic rings. The van der Waals surface area contributed by atoms with Crippen LogP contribution in [0.15, 0.2) is 49.1 Å². The van der Waals surface area contributed by atoms with Crippen LogP contribution >= 0.6 is 23.5 Å². The molecule has 0 aromatic carbocycles. The van der Waals surface area contributed by atoms with Crippen LogP contribution in [0.3, 0.4) is 0 Å². The number of thioether (sulfide) groups is 2. The SMILES string of the molecule is c1cc(CCSCCSCCc2ccncc2)ccn1. The van der Waals surface area contributed by atoms with Crippen molar-refractivity contribution >= 4 is 23.5 Å². The summed E-state index contributed by atoms with van der Waals surface area (Å²) in [6.07, 6.45) is 9.78. The lowest BCUT2D eigenvalue weighted by molar-refractivity contribution is 1.13. The summed E-state index contributed by atoms with van der Waals surface area (Å²) in [5.74, 6) is 4.89. The number of aryl methyl sites for hydroxylation is 2. The molecule has 0 spiro atoms. The van der Waals surface area contributed by atoms with Gasteiger partial charge in [-0.2, -0.15) is 23.5 Å². The molecule has 0 aliphatic rings. The Morgan fingerprint density at radius 2 is 1.00 bits per heavy atom. The van der Waals surface area contributed by atoms with Crippen LogP contribution in [-0.2, 0) is 12.8 Å². The summed E-state index contributed by atoms with van der Waals surface area (Å²) in [5, 5.41) is 0. The van der Waals surface area contributed by atoms with Gasteiger partial charge in [0.25, 0.3) is 0 Å². The zero-order chi connectivity index (χ0) is 13.9. The van der Waals surface area contributed by atoms with E-state index in [0.717, 1.165) is 12.8 Å². The van der Waals surface area contributed by atoms with E-state index in [4.69, 9.17) is 0 Å². The van der Waals surface area contributed by atoms with Crippen molar-refractivity contribution in [1.82, 2.24) is 9.97 Å². The van der Waals surface area contributed by atoms with Gasteiger partial charge in [-0.15, -0.1) is 0 Å². The molecule has 0 aliphatic heterocycles. The molecule has 0 N–H and O–H groups in total. The first-order valence-corrected chi connectivity index (χ1v) is 9.19. The highest BCUT2D eigenvalue weighted by atomic mass is 32.2. The number of pyridine rings is 2. The minimum Gasteiger partial charge on any atom is -0.265 e. The molecule has 0 saturated heterocycles. The van der Waals surface area contributed by atoms with Crippen LogP contribution in [0.4, 0.5) is 0 Å². The second-order valence-corrected chi connectivity index (χ2v) is 6.89. The van der Waals surface area contributed by atoms with E-state index in [0.29, 0.717) is 0 Å². The second-order valence-electron chi connectivity index (χ2n) is 4.44. The Bertz CT molecular complexity index is 417. The predicted octanol–water partition coefficient (Wildman–Crippen LogP) is 3.73. The molecule has 0 bridgehead atoms. The molecule has 106 valence electrons. The fourth-order valence-electron chi connectivity index (χ4n) is 1.80. The van der Waals surface area contributed by atoms with Gasteiger partial charge in [0.15, 0.2) is 0 Å². The molecule has 4 heteroatoms. The molecular weight excluding hydrogens is 284 g/mol. The zero-order valence-electron chi connectivity index (χ0n) is 11.6. The molecule has 2 heterocycles. The minimum atomic E-state index is 1.15. The first-order valence-electron chi connectivity index (χ1n) is 6.88. The van der Waals surface area contributed by atoms with Crippen molar-refractivity contribution in [2.24, 2.45) is 0 Å². The molecular formula is C16H20N2S2. The van der Waals surface area contributed by atoms with E-state index < -0.39 is 0 Å². The van der Waals surface area contributed by atoms with E-state index >= 15 is 0 Å². The Morgan fingerprint density at radius 1 is 0.600 bits per heavy atom. The molecule has 0 atom stereocenters. The summed E-state index contributed by atoms with van der Waals surface area (Å²) in [5.41, 5.74) is 2.77. The van der Waals surface area contributed by atoms with E-state index in [1.807, 2.05) is 48.3 Å². The van der Waals surface area contributed by atoms with Gasteiger partial charge in [-0.3, -0.25) is 9.97 Å². The Hall–Kier alpha value is -1.00. The Morgan fingerprint density at radius 3 is 1.40 bits per heavy atom. The standard InChI is InChI=1S/C16H20N2S2/c1-7-17-8-2-15(1)5-11-19-13-14-20-12-6-16-3-9-18-10-4-16/h1-4,7-10H,5-6,11-14H2. The van der Waals surface area contributed by atoms with Gasteiger partial charge in [-0.25, -0.2) is 0 Å². The molecule has 0 unspecified atom stereocenters. The van der Waals surface area contributed by atoms with Crippen LogP contribution in [0, 0.1) is 0 Å². The number of hydrogen-bond donors (Lipinski definition) is 0. The van der Waals surface area contributed by atoms with Gasteiger partial charge < -0.3 is 0 Å². The lowest BCUT2D eigenvalue weighted by Crippen LogP contribution is -1.94. The highest BCUT2D eigenvalue weighted by Crippen LogP contribution is 2.11. The maximum Gasteiger partial charge on any atom is 0.0270 e. The van der Waals surface area contributed by atoms with Gasteiger partial charge >= 0.3 is 0 Å². The summed E-state index contributed by atoms with van der Waals surface area (Å²) in [4.78, 5) is 8.07. The van der Waals surface area contributed by atoms with E-state index in [9.17, 15) is 0 Å². The molecule has 0 amide bonds. The van der Waals surface area contributed by atoms with Crippen molar-refractivity contribution in [3.8, 4) is 0 Å². The summed E-state index contributed by atoms with van der Waals surface area (Å²) < 4.78 is 0. The highest BCUT2D eigenvalue weighted by Gasteiger charge is 1.95. The van der Waals surface area contributed by atoms with Crippen molar-refractivity contribution < 1.29 is 0 Å². The van der Waals surface area contributed by atoms with Crippen LogP contribution in [0.25, 0.3) is 0 Å². The summed E-state index contributed by atoms with van der Waals surface area (Å²) in [6.45, 7) is 0. The van der Waals surface area contributed by atoms with Gasteiger partial charge in [0, 0.05) is 36.3 Å². The average Bonchev–Trinajstić information content (AvgIpc) is 2.52. The van der Waals surface area contributed by atoms with Gasteiger partial charge in [0.05, 0.1) is 0 Å². The maximum atomic E-state index is 4.03. The summed E-state index contributed by atoms with van der Waals surface area (Å²) in [7, 11) is 0. The molecule has 2 nitrogen and oxygen atoms in total. The van der Waals surface area contributed by atoms with E-state index in [-0.39, 0.29) is 0 Å². The summed E-state index contributed by atoms with van der Waals surface area (Å²) >= 11 is 4.09. The molecule has 0 saturated carbocycles. The zero-order valence-corrected chi connectivity index (χ0v) is 13.2. The van der Waals surface area contributed by atoms with Gasteiger partial charge in [-0.1, -0.05) is 0 Å². The second kappa shape index (κ2) is 9.83. The van der Waals surface area contributed by atoms with Crippen molar-refractivity contribution in [3.05, 3.63) is 60.2 Å². The first kappa shape index (κ1) is 15.4. The summed E-state index contributed by atoms with van der Waals surface area (Å²) in [6, 6.07) is 8.40. The fraction of sp³-hybridized carbons (Fsp3) is 0.375. The largest absolute Gasteiger partial charge is 0.265 e. The topological polar surface area (TPSA) is 25.8 Å². The highest BCUT2D eigenvalue weighted by molar-refractivity contribution is 8.02. The minimum absolute atomic E-state index is 1.15. The maximum absolute atomic E-state index is 4.03. The molecule has 0 fully saturated rings.